The minimum atomic E-state index is -0.777. The number of benzene rings is 1. The van der Waals surface area contributed by atoms with Gasteiger partial charge in [-0.15, -0.1) is 0 Å². The average Bonchev–Trinajstić information content (AvgIpc) is 3.33. The zero-order valence-electron chi connectivity index (χ0n) is 19.1. The summed E-state index contributed by atoms with van der Waals surface area (Å²) in [7, 11) is 0. The lowest BCUT2D eigenvalue weighted by molar-refractivity contribution is 0.0954. The predicted molar refractivity (Wildman–Crippen MR) is 128 cm³/mol. The molecule has 9 heteroatoms. The van der Waals surface area contributed by atoms with Crippen LogP contribution >= 0.6 is 11.3 Å². The number of aryl methyl sites for hydroxylation is 1. The van der Waals surface area contributed by atoms with Crippen LogP contribution in [0.25, 0.3) is 0 Å². The van der Waals surface area contributed by atoms with Gasteiger partial charge in [0.25, 0.3) is 5.91 Å². The molecule has 0 aliphatic carbocycles. The molecule has 6 nitrogen and oxygen atoms in total. The van der Waals surface area contributed by atoms with Gasteiger partial charge in [0, 0.05) is 38.3 Å². The van der Waals surface area contributed by atoms with Crippen molar-refractivity contribution < 1.29 is 13.6 Å². The van der Waals surface area contributed by atoms with Crippen LogP contribution in [0.15, 0.2) is 36.7 Å². The molecule has 2 aliphatic heterocycles. The molecular formula is C25H27F2N5OS. The van der Waals surface area contributed by atoms with E-state index in [4.69, 9.17) is 0 Å². The maximum atomic E-state index is 13.7. The van der Waals surface area contributed by atoms with Crippen LogP contribution in [0, 0.1) is 18.6 Å². The number of hydrogen-bond donors (Lipinski definition) is 1. The van der Waals surface area contributed by atoms with Gasteiger partial charge in [-0.3, -0.25) is 14.7 Å². The van der Waals surface area contributed by atoms with E-state index in [2.05, 4.69) is 50.2 Å². The lowest BCUT2D eigenvalue weighted by atomic mass is 9.94. The topological polar surface area (TPSA) is 61.4 Å². The predicted octanol–water partition coefficient (Wildman–Crippen LogP) is 4.08. The van der Waals surface area contributed by atoms with Crippen molar-refractivity contribution in [2.75, 3.05) is 24.5 Å². The SMILES string of the molecule is Cc1ccc2c(c1)CN(C1CCN(c3ncc(C(=O)NCc4ncc(F)cc4F)s3)CC1)CC2. The molecule has 2 aromatic heterocycles. The smallest absolute Gasteiger partial charge is 0.263 e. The normalized spacial score (nSPS) is 17.0. The molecule has 0 bridgehead atoms. The van der Waals surface area contributed by atoms with Crippen LogP contribution in [0.4, 0.5) is 13.9 Å². The first-order chi connectivity index (χ1) is 16.5. The molecule has 1 amide bonds. The number of thiazole rings is 1. The van der Waals surface area contributed by atoms with E-state index in [9.17, 15) is 13.6 Å². The van der Waals surface area contributed by atoms with Crippen molar-refractivity contribution in [1.29, 1.82) is 0 Å². The molecular weight excluding hydrogens is 456 g/mol. The monoisotopic (exact) mass is 483 g/mol. The first-order valence-electron chi connectivity index (χ1n) is 11.6. The summed E-state index contributed by atoms with van der Waals surface area (Å²) in [6.07, 6.45) is 5.73. The van der Waals surface area contributed by atoms with Crippen molar-refractivity contribution in [2.24, 2.45) is 0 Å². The summed E-state index contributed by atoms with van der Waals surface area (Å²) in [5.41, 5.74) is 4.25. The van der Waals surface area contributed by atoms with Gasteiger partial charge in [0.15, 0.2) is 5.13 Å². The zero-order chi connectivity index (χ0) is 23.7. The van der Waals surface area contributed by atoms with Crippen LogP contribution in [-0.2, 0) is 19.5 Å². The van der Waals surface area contributed by atoms with Crippen LogP contribution in [0.5, 0.6) is 0 Å². The number of piperidine rings is 1. The first-order valence-corrected chi connectivity index (χ1v) is 12.4. The average molecular weight is 484 g/mol. The van der Waals surface area contributed by atoms with Gasteiger partial charge >= 0.3 is 0 Å². The van der Waals surface area contributed by atoms with Crippen LogP contribution < -0.4 is 10.2 Å². The molecule has 1 saturated heterocycles. The fourth-order valence-electron chi connectivity index (χ4n) is 4.78. The number of halogens is 2. The fourth-order valence-corrected chi connectivity index (χ4v) is 5.67. The molecule has 1 N–H and O–H groups in total. The lowest BCUT2D eigenvalue weighted by Crippen LogP contribution is -2.46. The molecule has 0 saturated carbocycles. The van der Waals surface area contributed by atoms with Crippen LogP contribution in [-0.4, -0.2) is 46.5 Å². The van der Waals surface area contributed by atoms with Crippen molar-refractivity contribution in [3.8, 4) is 0 Å². The lowest BCUT2D eigenvalue weighted by Gasteiger charge is -2.40. The summed E-state index contributed by atoms with van der Waals surface area (Å²) in [6.45, 7) is 5.97. The van der Waals surface area contributed by atoms with Gasteiger partial charge in [0.05, 0.1) is 24.6 Å². The molecule has 178 valence electrons. The van der Waals surface area contributed by atoms with Gasteiger partial charge in [-0.1, -0.05) is 35.1 Å². The molecule has 2 aliphatic rings. The van der Waals surface area contributed by atoms with E-state index in [1.54, 1.807) is 6.20 Å². The second-order valence-corrected chi connectivity index (χ2v) is 9.99. The molecule has 0 radical (unpaired) electrons. The third-order valence-electron chi connectivity index (χ3n) is 6.67. The van der Waals surface area contributed by atoms with Crippen LogP contribution in [0.2, 0.25) is 0 Å². The van der Waals surface area contributed by atoms with Gasteiger partial charge in [-0.2, -0.15) is 0 Å². The Bertz CT molecular complexity index is 1190. The molecule has 34 heavy (non-hydrogen) atoms. The summed E-state index contributed by atoms with van der Waals surface area (Å²) < 4.78 is 26.7. The quantitative estimate of drug-likeness (QED) is 0.593. The van der Waals surface area contributed by atoms with Gasteiger partial charge in [0.1, 0.15) is 16.5 Å². The van der Waals surface area contributed by atoms with Gasteiger partial charge in [-0.05, 0) is 37.3 Å². The Morgan fingerprint density at radius 3 is 2.74 bits per heavy atom. The van der Waals surface area contributed by atoms with Crippen molar-refractivity contribution in [2.45, 2.75) is 45.3 Å². The zero-order valence-corrected chi connectivity index (χ0v) is 19.9. The number of nitrogens with one attached hydrogen (secondary N) is 1. The van der Waals surface area contributed by atoms with Gasteiger partial charge < -0.3 is 10.2 Å². The summed E-state index contributed by atoms with van der Waals surface area (Å²) in [4.78, 5) is 25.9. The molecule has 4 heterocycles. The first kappa shape index (κ1) is 22.9. The van der Waals surface area contributed by atoms with Crippen molar-refractivity contribution in [3.05, 3.63) is 75.6 Å². The Labute approximate surface area is 201 Å². The Morgan fingerprint density at radius 2 is 1.94 bits per heavy atom. The number of carbonyl (C=O) groups is 1. The standard InChI is InChI=1S/C25H27F2N5OS/c1-16-2-3-17-4-7-32(15-18(17)10-16)20-5-8-31(9-6-20)25-30-14-23(34-25)24(33)29-13-22-21(27)11-19(26)12-28-22/h2-3,10-12,14,20H,4-9,13,15H2,1H3,(H,29,33). The highest BCUT2D eigenvalue weighted by Gasteiger charge is 2.28. The number of aromatic nitrogens is 2. The molecule has 1 fully saturated rings. The Kier molecular flexibility index (Phi) is 6.56. The van der Waals surface area contributed by atoms with Crippen molar-refractivity contribution in [3.63, 3.8) is 0 Å². The summed E-state index contributed by atoms with van der Waals surface area (Å²) in [5.74, 6) is -1.87. The van der Waals surface area contributed by atoms with E-state index in [1.165, 1.54) is 28.0 Å². The van der Waals surface area contributed by atoms with E-state index in [0.717, 1.165) is 62.8 Å². The number of pyridine rings is 1. The number of amides is 1. The number of nitrogens with zero attached hydrogens (tertiary/aromatic N) is 4. The molecule has 0 spiro atoms. The highest BCUT2D eigenvalue weighted by Crippen LogP contribution is 2.29. The Hall–Kier alpha value is -2.91. The Balaban J connectivity index is 1.14. The second kappa shape index (κ2) is 9.76. The van der Waals surface area contributed by atoms with Crippen LogP contribution in [0.3, 0.4) is 0 Å². The minimum Gasteiger partial charge on any atom is -0.348 e. The van der Waals surface area contributed by atoms with Crippen LogP contribution in [0.1, 0.15) is 44.9 Å². The fraction of sp³-hybridized carbons (Fsp3) is 0.400. The third kappa shape index (κ3) is 4.95. The summed E-state index contributed by atoms with van der Waals surface area (Å²) in [5, 5.41) is 3.46. The van der Waals surface area contributed by atoms with Crippen molar-refractivity contribution >= 4 is 22.4 Å². The maximum absolute atomic E-state index is 13.7. The largest absolute Gasteiger partial charge is 0.348 e. The summed E-state index contributed by atoms with van der Waals surface area (Å²) in [6, 6.07) is 8.11. The molecule has 1 aromatic carbocycles. The third-order valence-corrected chi connectivity index (χ3v) is 7.73. The number of carbonyl (C=O) groups excluding carboxylic acids is 1. The minimum absolute atomic E-state index is 0.00272. The molecule has 0 atom stereocenters. The number of fused-ring (bicyclic) bond motifs is 1. The number of anilines is 1. The Morgan fingerprint density at radius 1 is 1.12 bits per heavy atom. The van der Waals surface area contributed by atoms with E-state index in [0.29, 0.717) is 10.9 Å². The molecule has 0 unspecified atom stereocenters. The molecule has 5 rings (SSSR count). The second-order valence-electron chi connectivity index (χ2n) is 8.98. The highest BCUT2D eigenvalue weighted by atomic mass is 32.1. The van der Waals surface area contributed by atoms with Crippen molar-refractivity contribution in [1.82, 2.24) is 20.2 Å². The van der Waals surface area contributed by atoms with Gasteiger partial charge in [0.2, 0.25) is 0 Å². The van der Waals surface area contributed by atoms with E-state index in [-0.39, 0.29) is 18.1 Å². The maximum Gasteiger partial charge on any atom is 0.263 e. The highest BCUT2D eigenvalue weighted by molar-refractivity contribution is 7.17. The number of rotatable bonds is 5. The number of hydrogen-bond acceptors (Lipinski definition) is 6. The molecule has 3 aromatic rings. The van der Waals surface area contributed by atoms with E-state index >= 15 is 0 Å². The van der Waals surface area contributed by atoms with Gasteiger partial charge in [-0.25, -0.2) is 13.8 Å². The summed E-state index contributed by atoms with van der Waals surface area (Å²) >= 11 is 1.33. The van der Waals surface area contributed by atoms with E-state index < -0.39 is 11.6 Å². The van der Waals surface area contributed by atoms with E-state index in [1.807, 2.05) is 0 Å².